The number of hydrogen-bond acceptors (Lipinski definition) is 7. The Balaban J connectivity index is 1.54. The molecule has 1 heterocycles. The lowest BCUT2D eigenvalue weighted by Gasteiger charge is -2.60. The van der Waals surface area contributed by atoms with Crippen molar-refractivity contribution in [2.45, 2.75) is 90.3 Å². The van der Waals surface area contributed by atoms with Gasteiger partial charge in [0.05, 0.1) is 12.2 Å². The van der Waals surface area contributed by atoms with Crippen molar-refractivity contribution >= 4 is 19.4 Å². The average molecular weight is 525 g/mol. The lowest BCUT2D eigenvalue weighted by molar-refractivity contribution is -0.200. The highest BCUT2D eigenvalue weighted by Crippen LogP contribution is 2.70. The van der Waals surface area contributed by atoms with E-state index in [2.05, 4.69) is 11.4 Å². The second-order valence-electron chi connectivity index (χ2n) is 11.8. The fourth-order valence-electron chi connectivity index (χ4n) is 8.54. The van der Waals surface area contributed by atoms with Crippen molar-refractivity contribution in [2.24, 2.45) is 28.6 Å². The molecular formula is C26H37O9P. The lowest BCUT2D eigenvalue weighted by Crippen LogP contribution is -2.63. The molecule has 1 aliphatic heterocycles. The lowest BCUT2D eigenvalue weighted by atomic mass is 9.46. The molecule has 5 aliphatic rings. The summed E-state index contributed by atoms with van der Waals surface area (Å²) in [5, 5.41) is 11.7. The van der Waals surface area contributed by atoms with Crippen LogP contribution in [0.3, 0.4) is 0 Å². The van der Waals surface area contributed by atoms with E-state index < -0.39 is 55.1 Å². The molecule has 1 saturated heterocycles. The Kier molecular flexibility index (Phi) is 6.36. The molecule has 9 nitrogen and oxygen atoms in total. The van der Waals surface area contributed by atoms with E-state index in [-0.39, 0.29) is 30.0 Å². The summed E-state index contributed by atoms with van der Waals surface area (Å²) in [6.07, 6.45) is 5.53. The van der Waals surface area contributed by atoms with Crippen LogP contribution in [0.15, 0.2) is 23.3 Å². The number of rotatable bonds is 6. The third-order valence-corrected chi connectivity index (χ3v) is 10.4. The van der Waals surface area contributed by atoms with Crippen molar-refractivity contribution in [3.63, 3.8) is 0 Å². The molecule has 0 aromatic carbocycles. The molecule has 5 rings (SSSR count). The van der Waals surface area contributed by atoms with Crippen molar-refractivity contribution in [1.29, 1.82) is 0 Å². The average Bonchev–Trinajstić information content (AvgIpc) is 3.25. The van der Waals surface area contributed by atoms with E-state index in [1.165, 1.54) is 0 Å². The maximum absolute atomic E-state index is 13.7. The van der Waals surface area contributed by atoms with Gasteiger partial charge < -0.3 is 24.4 Å². The van der Waals surface area contributed by atoms with Gasteiger partial charge in [-0.3, -0.25) is 14.1 Å². The summed E-state index contributed by atoms with van der Waals surface area (Å²) in [7, 11) is -4.86. The Labute approximate surface area is 211 Å². The van der Waals surface area contributed by atoms with E-state index in [1.54, 1.807) is 6.08 Å². The monoisotopic (exact) mass is 524 g/mol. The number of hydrogen-bond donors (Lipinski definition) is 3. The summed E-state index contributed by atoms with van der Waals surface area (Å²) in [4.78, 5) is 44.6. The van der Waals surface area contributed by atoms with Crippen molar-refractivity contribution in [3.8, 4) is 0 Å². The molecular weight excluding hydrogens is 487 g/mol. The summed E-state index contributed by atoms with van der Waals surface area (Å²) in [6.45, 7) is 7.08. The van der Waals surface area contributed by atoms with Crippen molar-refractivity contribution in [2.75, 3.05) is 6.61 Å². The summed E-state index contributed by atoms with van der Waals surface area (Å²) in [6, 6.07) is 0. The van der Waals surface area contributed by atoms with E-state index >= 15 is 0 Å². The Hall–Kier alpha value is -1.19. The third kappa shape index (κ3) is 3.69. The maximum Gasteiger partial charge on any atom is 0.470 e. The van der Waals surface area contributed by atoms with Crippen LogP contribution >= 0.6 is 7.82 Å². The van der Waals surface area contributed by atoms with E-state index in [0.717, 1.165) is 24.8 Å². The second-order valence-corrected chi connectivity index (χ2v) is 13.0. The van der Waals surface area contributed by atoms with Gasteiger partial charge in [-0.15, -0.1) is 0 Å². The number of allylic oxidation sites excluding steroid dienone is 4. The SMILES string of the molecule is CCCC1OC2CC3C4CCC5=CC(=O)C(C)=CC5(C)C4C(O)CC3(C)C2(C(=O)COP(=O)(O)O)O1. The molecule has 9 atom stereocenters. The number of aliphatic hydroxyl groups is 1. The topological polar surface area (TPSA) is 140 Å². The number of phosphoric ester groups is 1. The number of Topliss-reactive ketones (excluding diaryl/α,β-unsaturated/α-hetero) is 1. The number of ether oxygens (including phenoxy) is 2. The number of carbonyl (C=O) groups is 2. The molecule has 3 saturated carbocycles. The van der Waals surface area contributed by atoms with Gasteiger partial charge in [0.2, 0.25) is 0 Å². The molecule has 0 aromatic rings. The van der Waals surface area contributed by atoms with Crippen LogP contribution in [0.5, 0.6) is 0 Å². The zero-order chi connectivity index (χ0) is 26.3. The van der Waals surface area contributed by atoms with Crippen LogP contribution in [0, 0.1) is 28.6 Å². The molecule has 0 amide bonds. The normalized spacial score (nSPS) is 45.8. The molecule has 0 radical (unpaired) electrons. The Morgan fingerprint density at radius 1 is 1.31 bits per heavy atom. The molecule has 4 fully saturated rings. The quantitative estimate of drug-likeness (QED) is 0.447. The van der Waals surface area contributed by atoms with Gasteiger partial charge in [0.15, 0.2) is 23.5 Å². The predicted octanol–water partition coefficient (Wildman–Crippen LogP) is 3.22. The highest BCUT2D eigenvalue weighted by molar-refractivity contribution is 7.46. The van der Waals surface area contributed by atoms with Crippen molar-refractivity contribution in [3.05, 3.63) is 23.3 Å². The molecule has 200 valence electrons. The zero-order valence-electron chi connectivity index (χ0n) is 21.3. The first-order valence-electron chi connectivity index (χ1n) is 13.0. The fraction of sp³-hybridized carbons (Fsp3) is 0.769. The number of ketones is 2. The zero-order valence-corrected chi connectivity index (χ0v) is 22.2. The number of aliphatic hydroxyl groups excluding tert-OH is 1. The first kappa shape index (κ1) is 26.4. The van der Waals surface area contributed by atoms with Gasteiger partial charge >= 0.3 is 7.82 Å². The van der Waals surface area contributed by atoms with Gasteiger partial charge in [0.1, 0.15) is 6.61 Å². The van der Waals surface area contributed by atoms with E-state index in [1.807, 2.05) is 26.8 Å². The molecule has 9 unspecified atom stereocenters. The summed E-state index contributed by atoms with van der Waals surface area (Å²) in [5.74, 6) is -0.603. The van der Waals surface area contributed by atoms with Gasteiger partial charge in [0.25, 0.3) is 0 Å². The van der Waals surface area contributed by atoms with Crippen molar-refractivity contribution in [1.82, 2.24) is 0 Å². The molecule has 4 aliphatic carbocycles. The van der Waals surface area contributed by atoms with E-state index in [0.29, 0.717) is 18.4 Å². The first-order valence-corrected chi connectivity index (χ1v) is 14.5. The van der Waals surface area contributed by atoms with E-state index in [9.17, 15) is 29.0 Å². The van der Waals surface area contributed by atoms with Gasteiger partial charge in [-0.05, 0) is 62.5 Å². The minimum atomic E-state index is -4.86. The van der Waals surface area contributed by atoms with Gasteiger partial charge in [-0.2, -0.15) is 0 Å². The highest BCUT2D eigenvalue weighted by Gasteiger charge is 2.75. The molecule has 0 spiro atoms. The molecule has 0 aromatic heterocycles. The summed E-state index contributed by atoms with van der Waals surface area (Å²) >= 11 is 0. The largest absolute Gasteiger partial charge is 0.470 e. The number of phosphoric acid groups is 1. The second kappa shape index (κ2) is 8.67. The van der Waals surface area contributed by atoms with Gasteiger partial charge in [-0.1, -0.05) is 38.8 Å². The maximum atomic E-state index is 13.7. The van der Waals surface area contributed by atoms with Crippen LogP contribution in [0.1, 0.15) is 66.2 Å². The smallest absolute Gasteiger partial charge is 0.393 e. The molecule has 0 bridgehead atoms. The molecule has 36 heavy (non-hydrogen) atoms. The molecule has 3 N–H and O–H groups in total. The Bertz CT molecular complexity index is 1080. The van der Waals surface area contributed by atoms with Crippen LogP contribution in [0.4, 0.5) is 0 Å². The summed E-state index contributed by atoms with van der Waals surface area (Å²) < 4.78 is 28.7. The van der Waals surface area contributed by atoms with Gasteiger partial charge in [-0.25, -0.2) is 4.57 Å². The number of carbonyl (C=O) groups excluding carboxylic acids is 2. The highest BCUT2D eigenvalue weighted by atomic mass is 31.2. The Morgan fingerprint density at radius 3 is 2.69 bits per heavy atom. The molecule has 10 heteroatoms. The van der Waals surface area contributed by atoms with Crippen molar-refractivity contribution < 1.29 is 43.0 Å². The Morgan fingerprint density at radius 2 is 2.03 bits per heavy atom. The number of fused-ring (bicyclic) bond motifs is 7. The van der Waals surface area contributed by atoms with Crippen LogP contribution in [-0.2, 0) is 28.2 Å². The minimum absolute atomic E-state index is 0.0119. The first-order chi connectivity index (χ1) is 16.8. The van der Waals surface area contributed by atoms with Crippen LogP contribution in [-0.4, -0.2) is 57.2 Å². The summed E-state index contributed by atoms with van der Waals surface area (Å²) in [5.41, 5.74) is -0.981. The van der Waals surface area contributed by atoms with Crippen LogP contribution in [0.25, 0.3) is 0 Å². The van der Waals surface area contributed by atoms with Crippen LogP contribution in [0.2, 0.25) is 0 Å². The van der Waals surface area contributed by atoms with E-state index in [4.69, 9.17) is 9.47 Å². The third-order valence-electron chi connectivity index (χ3n) is 9.89. The van der Waals surface area contributed by atoms with Crippen LogP contribution < -0.4 is 0 Å². The standard InChI is InChI=1S/C26H37O9P/c1-5-6-22-34-21-10-17-16-8-7-15-9-18(27)14(2)11-24(15,3)23(16)19(28)12-25(17,4)26(21,35-22)20(29)13-33-36(30,31)32/h9,11,16-17,19,21-23,28H,5-8,10,12-13H2,1-4H3,(H2,30,31,32). The predicted molar refractivity (Wildman–Crippen MR) is 128 cm³/mol. The fourth-order valence-corrected chi connectivity index (χ4v) is 8.83. The minimum Gasteiger partial charge on any atom is -0.393 e. The van der Waals surface area contributed by atoms with Gasteiger partial charge in [0, 0.05) is 16.7 Å².